The summed E-state index contributed by atoms with van der Waals surface area (Å²) in [6.45, 7) is 3.52. The summed E-state index contributed by atoms with van der Waals surface area (Å²) in [4.78, 5) is 13.2. The molecular weight excluding hydrogens is 328 g/mol. The number of amides is 1. The molecule has 0 radical (unpaired) electrons. The molecule has 2 rings (SSSR count). The number of aliphatic hydroxyl groups excluding tert-OH is 2. The summed E-state index contributed by atoms with van der Waals surface area (Å²) in [6.07, 6.45) is 0.721. The van der Waals surface area contributed by atoms with Gasteiger partial charge in [0.1, 0.15) is 0 Å². The zero-order chi connectivity index (χ0) is 18.9. The molecule has 4 N–H and O–H groups in total. The summed E-state index contributed by atoms with van der Waals surface area (Å²) in [5.74, 6) is -0.422. The molecule has 2 unspecified atom stereocenters. The second-order valence-corrected chi connectivity index (χ2v) is 6.70. The first-order chi connectivity index (χ1) is 12.5. The summed E-state index contributed by atoms with van der Waals surface area (Å²) in [5.41, 5.74) is 7.78. The monoisotopic (exact) mass is 356 g/mol. The Balaban J connectivity index is 1.88. The number of primary amides is 1. The SMILES string of the molecule is CC(O)CN(CCCc1ccc(C(N)=O)cc1)CC(O)c1ccccc1. The van der Waals surface area contributed by atoms with Crippen LogP contribution in [0.3, 0.4) is 0 Å². The van der Waals surface area contributed by atoms with Crippen molar-refractivity contribution in [3.63, 3.8) is 0 Å². The van der Waals surface area contributed by atoms with Gasteiger partial charge >= 0.3 is 0 Å². The number of rotatable bonds is 10. The van der Waals surface area contributed by atoms with Crippen molar-refractivity contribution in [2.45, 2.75) is 32.0 Å². The molecule has 0 fully saturated rings. The van der Waals surface area contributed by atoms with Gasteiger partial charge < -0.3 is 15.9 Å². The van der Waals surface area contributed by atoms with Crippen LogP contribution < -0.4 is 5.73 Å². The van der Waals surface area contributed by atoms with Crippen LogP contribution >= 0.6 is 0 Å². The average Bonchev–Trinajstić information content (AvgIpc) is 2.62. The average molecular weight is 356 g/mol. The molecule has 5 nitrogen and oxygen atoms in total. The van der Waals surface area contributed by atoms with E-state index >= 15 is 0 Å². The Bertz CT molecular complexity index is 671. The first kappa shape index (κ1) is 20.1. The maximum atomic E-state index is 11.1. The molecule has 0 spiro atoms. The molecule has 26 heavy (non-hydrogen) atoms. The highest BCUT2D eigenvalue weighted by Crippen LogP contribution is 2.15. The van der Waals surface area contributed by atoms with Crippen LogP contribution in [-0.2, 0) is 6.42 Å². The molecule has 0 aromatic heterocycles. The van der Waals surface area contributed by atoms with Gasteiger partial charge in [-0.2, -0.15) is 0 Å². The van der Waals surface area contributed by atoms with Crippen molar-refractivity contribution in [1.29, 1.82) is 0 Å². The van der Waals surface area contributed by atoms with Crippen molar-refractivity contribution in [3.05, 3.63) is 71.3 Å². The summed E-state index contributed by atoms with van der Waals surface area (Å²) in [5, 5.41) is 20.2. The van der Waals surface area contributed by atoms with Crippen molar-refractivity contribution in [1.82, 2.24) is 4.90 Å². The van der Waals surface area contributed by atoms with Crippen LogP contribution in [0.1, 0.15) is 40.9 Å². The minimum Gasteiger partial charge on any atom is -0.392 e. The molecule has 0 aliphatic carbocycles. The second-order valence-electron chi connectivity index (χ2n) is 6.70. The molecule has 5 heteroatoms. The van der Waals surface area contributed by atoms with Gasteiger partial charge in [0.05, 0.1) is 12.2 Å². The lowest BCUT2D eigenvalue weighted by Crippen LogP contribution is -2.35. The van der Waals surface area contributed by atoms with Crippen molar-refractivity contribution >= 4 is 5.91 Å². The lowest BCUT2D eigenvalue weighted by molar-refractivity contribution is 0.0752. The Hall–Kier alpha value is -2.21. The number of hydrogen-bond donors (Lipinski definition) is 3. The first-order valence-electron chi connectivity index (χ1n) is 8.98. The van der Waals surface area contributed by atoms with E-state index < -0.39 is 18.1 Å². The van der Waals surface area contributed by atoms with E-state index in [1.165, 1.54) is 0 Å². The highest BCUT2D eigenvalue weighted by Gasteiger charge is 2.15. The van der Waals surface area contributed by atoms with Crippen LogP contribution in [0, 0.1) is 0 Å². The van der Waals surface area contributed by atoms with E-state index in [9.17, 15) is 15.0 Å². The molecule has 0 saturated carbocycles. The van der Waals surface area contributed by atoms with Gasteiger partial charge in [-0.1, -0.05) is 42.5 Å². The largest absolute Gasteiger partial charge is 0.392 e. The number of nitrogens with two attached hydrogens (primary N) is 1. The third-order valence-electron chi connectivity index (χ3n) is 4.32. The number of carbonyl (C=O) groups is 1. The smallest absolute Gasteiger partial charge is 0.248 e. The van der Waals surface area contributed by atoms with Gasteiger partial charge in [0.2, 0.25) is 5.91 Å². The van der Waals surface area contributed by atoms with E-state index in [2.05, 4.69) is 4.90 Å². The normalized spacial score (nSPS) is 13.5. The predicted molar refractivity (Wildman–Crippen MR) is 103 cm³/mol. The predicted octanol–water partition coefficient (Wildman–Crippen LogP) is 2.13. The van der Waals surface area contributed by atoms with Crippen LogP contribution in [0.5, 0.6) is 0 Å². The Morgan fingerprint density at radius 1 is 1.04 bits per heavy atom. The highest BCUT2D eigenvalue weighted by molar-refractivity contribution is 5.92. The van der Waals surface area contributed by atoms with E-state index in [1.54, 1.807) is 19.1 Å². The maximum absolute atomic E-state index is 11.1. The van der Waals surface area contributed by atoms with E-state index in [4.69, 9.17) is 5.73 Å². The molecule has 2 aromatic rings. The fourth-order valence-electron chi connectivity index (χ4n) is 3.00. The van der Waals surface area contributed by atoms with Gasteiger partial charge in [-0.05, 0) is 49.6 Å². The quantitative estimate of drug-likeness (QED) is 0.609. The highest BCUT2D eigenvalue weighted by atomic mass is 16.3. The molecule has 1 amide bonds. The first-order valence-corrected chi connectivity index (χ1v) is 8.98. The number of nitrogens with zero attached hydrogens (tertiary/aromatic N) is 1. The molecule has 0 aliphatic rings. The lowest BCUT2D eigenvalue weighted by Gasteiger charge is -2.26. The van der Waals surface area contributed by atoms with E-state index in [1.807, 2.05) is 42.5 Å². The van der Waals surface area contributed by atoms with Gasteiger partial charge in [0.25, 0.3) is 0 Å². The molecule has 2 atom stereocenters. The van der Waals surface area contributed by atoms with Gasteiger partial charge in [-0.3, -0.25) is 9.69 Å². The van der Waals surface area contributed by atoms with E-state index in [0.717, 1.165) is 30.5 Å². The molecule has 0 bridgehead atoms. The van der Waals surface area contributed by atoms with Crippen LogP contribution in [0.15, 0.2) is 54.6 Å². The number of aliphatic hydroxyl groups is 2. The second kappa shape index (κ2) is 10.1. The molecule has 2 aromatic carbocycles. The van der Waals surface area contributed by atoms with Crippen molar-refractivity contribution in [3.8, 4) is 0 Å². The Kier molecular flexibility index (Phi) is 7.78. The fourth-order valence-corrected chi connectivity index (χ4v) is 3.00. The van der Waals surface area contributed by atoms with Crippen molar-refractivity contribution in [2.75, 3.05) is 19.6 Å². The topological polar surface area (TPSA) is 86.8 Å². The molecule has 0 heterocycles. The van der Waals surface area contributed by atoms with Crippen LogP contribution in [0.25, 0.3) is 0 Å². The third kappa shape index (κ3) is 6.59. The number of benzene rings is 2. The Morgan fingerprint density at radius 3 is 2.27 bits per heavy atom. The standard InChI is InChI=1S/C21H28N2O3/c1-16(24)14-23(15-20(25)18-7-3-2-4-8-18)13-5-6-17-9-11-19(12-10-17)21(22)26/h2-4,7-12,16,20,24-25H,5-6,13-15H2,1H3,(H2,22,26). The number of carbonyl (C=O) groups excluding carboxylic acids is 1. The number of aryl methyl sites for hydroxylation is 1. The van der Waals surface area contributed by atoms with E-state index in [0.29, 0.717) is 18.7 Å². The van der Waals surface area contributed by atoms with Gasteiger partial charge in [0.15, 0.2) is 0 Å². The third-order valence-corrected chi connectivity index (χ3v) is 4.32. The zero-order valence-corrected chi connectivity index (χ0v) is 15.2. The van der Waals surface area contributed by atoms with Crippen LogP contribution in [0.2, 0.25) is 0 Å². The maximum Gasteiger partial charge on any atom is 0.248 e. The van der Waals surface area contributed by atoms with Gasteiger partial charge in [0, 0.05) is 18.7 Å². The fraction of sp³-hybridized carbons (Fsp3) is 0.381. The summed E-state index contributed by atoms with van der Waals surface area (Å²) >= 11 is 0. The van der Waals surface area contributed by atoms with Crippen molar-refractivity contribution < 1.29 is 15.0 Å². The lowest BCUT2D eigenvalue weighted by atomic mass is 10.1. The summed E-state index contributed by atoms with van der Waals surface area (Å²) in [6, 6.07) is 16.9. The van der Waals surface area contributed by atoms with Crippen LogP contribution in [-0.4, -0.2) is 46.8 Å². The van der Waals surface area contributed by atoms with Gasteiger partial charge in [-0.25, -0.2) is 0 Å². The summed E-state index contributed by atoms with van der Waals surface area (Å²) < 4.78 is 0. The molecular formula is C21H28N2O3. The minimum atomic E-state index is -0.579. The number of hydrogen-bond acceptors (Lipinski definition) is 4. The molecule has 140 valence electrons. The van der Waals surface area contributed by atoms with Crippen molar-refractivity contribution in [2.24, 2.45) is 5.73 Å². The Morgan fingerprint density at radius 2 is 1.69 bits per heavy atom. The van der Waals surface area contributed by atoms with Gasteiger partial charge in [-0.15, -0.1) is 0 Å². The zero-order valence-electron chi connectivity index (χ0n) is 15.2. The molecule has 0 aliphatic heterocycles. The van der Waals surface area contributed by atoms with Crippen LogP contribution in [0.4, 0.5) is 0 Å². The Labute approximate surface area is 155 Å². The minimum absolute atomic E-state index is 0.422. The summed E-state index contributed by atoms with van der Waals surface area (Å²) in [7, 11) is 0. The molecule has 0 saturated heterocycles. The van der Waals surface area contributed by atoms with E-state index in [-0.39, 0.29) is 0 Å².